The van der Waals surface area contributed by atoms with Crippen LogP contribution in [0.3, 0.4) is 0 Å². The molecular weight excluding hydrogens is 243 g/mol. The highest BCUT2D eigenvalue weighted by molar-refractivity contribution is 5.82. The number of hydrogen-bond donors (Lipinski definition) is 0. The van der Waals surface area contributed by atoms with Gasteiger partial charge in [0.1, 0.15) is 5.75 Å². The van der Waals surface area contributed by atoms with E-state index in [0.717, 1.165) is 12.1 Å². The molecule has 0 radical (unpaired) electrons. The lowest BCUT2D eigenvalue weighted by molar-refractivity contribution is -0.182. The zero-order chi connectivity index (χ0) is 12.8. The number of methoxy groups -OCH3 is 1. The van der Waals surface area contributed by atoms with Crippen LogP contribution in [0.25, 0.3) is 5.57 Å². The van der Waals surface area contributed by atoms with Crippen LogP contribution in [0.15, 0.2) is 30.1 Å². The minimum absolute atomic E-state index is 0.278. The first-order valence-electron chi connectivity index (χ1n) is 4.63. The van der Waals surface area contributed by atoms with E-state index in [0.29, 0.717) is 5.75 Å². The zero-order valence-corrected chi connectivity index (χ0v) is 8.61. The average Bonchev–Trinajstić information content (AvgIpc) is 2.29. The fourth-order valence-corrected chi connectivity index (χ4v) is 1.59. The van der Waals surface area contributed by atoms with Crippen LogP contribution in [0, 0.1) is 0 Å². The van der Waals surface area contributed by atoms with Crippen LogP contribution < -0.4 is 4.74 Å². The highest BCUT2D eigenvalue weighted by Gasteiger charge is 2.72. The lowest BCUT2D eigenvalue weighted by atomic mass is 9.83. The van der Waals surface area contributed by atoms with Crippen LogP contribution in [0.1, 0.15) is 5.56 Å². The van der Waals surface area contributed by atoms with Gasteiger partial charge in [-0.1, -0.05) is 12.1 Å². The second-order valence-corrected chi connectivity index (χ2v) is 3.57. The Morgan fingerprint density at radius 3 is 1.88 bits per heavy atom. The van der Waals surface area contributed by atoms with Crippen molar-refractivity contribution < 1.29 is 26.7 Å². The van der Waals surface area contributed by atoms with Crippen molar-refractivity contribution in [1.29, 1.82) is 0 Å². The Morgan fingerprint density at radius 1 is 0.941 bits per heavy atom. The Bertz CT molecular complexity index is 475. The molecule has 0 N–H and O–H groups in total. The maximum atomic E-state index is 13.0. The average molecular weight is 250 g/mol. The van der Waals surface area contributed by atoms with E-state index in [1.165, 1.54) is 19.2 Å². The van der Waals surface area contributed by atoms with Gasteiger partial charge in [0.05, 0.1) is 12.7 Å². The van der Waals surface area contributed by atoms with Gasteiger partial charge in [-0.2, -0.15) is 17.6 Å². The Balaban J connectivity index is 2.45. The molecule has 1 nitrogen and oxygen atoms in total. The number of alkyl halides is 4. The Hall–Kier alpha value is -1.59. The number of halogens is 5. The number of hydrogen-bond acceptors (Lipinski definition) is 1. The quantitative estimate of drug-likeness (QED) is 0.728. The molecule has 0 unspecified atom stereocenters. The van der Waals surface area contributed by atoms with Crippen molar-refractivity contribution in [2.24, 2.45) is 0 Å². The Kier molecular flexibility index (Phi) is 2.41. The van der Waals surface area contributed by atoms with Gasteiger partial charge in [-0.15, -0.1) is 0 Å². The van der Waals surface area contributed by atoms with Crippen LogP contribution in [0.2, 0.25) is 0 Å². The van der Waals surface area contributed by atoms with E-state index in [4.69, 9.17) is 4.74 Å². The summed E-state index contributed by atoms with van der Waals surface area (Å²) in [7, 11) is 1.36. The van der Waals surface area contributed by atoms with E-state index >= 15 is 0 Å². The Morgan fingerprint density at radius 2 is 1.47 bits per heavy atom. The SMILES string of the molecule is COc1ccc(C2=C(F)C(F)(F)C2(F)F)cc1. The van der Waals surface area contributed by atoms with Crippen molar-refractivity contribution in [3.8, 4) is 5.75 Å². The number of allylic oxidation sites excluding steroid dienone is 2. The molecule has 0 aliphatic heterocycles. The molecule has 0 spiro atoms. The third-order valence-corrected chi connectivity index (χ3v) is 2.58. The minimum Gasteiger partial charge on any atom is -0.497 e. The maximum Gasteiger partial charge on any atom is 0.365 e. The van der Waals surface area contributed by atoms with E-state index in [1.807, 2.05) is 0 Å². The van der Waals surface area contributed by atoms with Crippen LogP contribution in [0.4, 0.5) is 22.0 Å². The molecule has 1 aliphatic carbocycles. The van der Waals surface area contributed by atoms with Crippen LogP contribution >= 0.6 is 0 Å². The summed E-state index contributed by atoms with van der Waals surface area (Å²) in [4.78, 5) is 0. The van der Waals surface area contributed by atoms with Crippen LogP contribution in [-0.4, -0.2) is 19.0 Å². The molecule has 0 saturated heterocycles. The summed E-state index contributed by atoms with van der Waals surface area (Å²) in [6, 6.07) is 4.80. The van der Waals surface area contributed by atoms with E-state index < -0.39 is 23.2 Å². The largest absolute Gasteiger partial charge is 0.497 e. The second kappa shape index (κ2) is 3.45. The summed E-state index contributed by atoms with van der Waals surface area (Å²) in [6.45, 7) is 0. The summed E-state index contributed by atoms with van der Waals surface area (Å²) < 4.78 is 68.9. The molecule has 1 aliphatic rings. The van der Waals surface area contributed by atoms with Crippen LogP contribution in [0.5, 0.6) is 5.75 Å². The molecule has 0 fully saturated rings. The lowest BCUT2D eigenvalue weighted by Gasteiger charge is -2.36. The normalized spacial score (nSPS) is 21.1. The molecule has 17 heavy (non-hydrogen) atoms. The summed E-state index contributed by atoms with van der Waals surface area (Å²) >= 11 is 0. The van der Waals surface area contributed by atoms with E-state index in [-0.39, 0.29) is 5.56 Å². The molecule has 0 amide bonds. The molecular formula is C11H7F5O. The van der Waals surface area contributed by atoms with E-state index in [1.54, 1.807) is 0 Å². The molecule has 0 saturated carbocycles. The predicted molar refractivity (Wildman–Crippen MR) is 50.9 cm³/mol. The van der Waals surface area contributed by atoms with Crippen molar-refractivity contribution in [2.75, 3.05) is 7.11 Å². The highest BCUT2D eigenvalue weighted by atomic mass is 19.3. The van der Waals surface area contributed by atoms with Crippen molar-refractivity contribution in [2.45, 2.75) is 11.8 Å². The molecule has 0 bridgehead atoms. The summed E-state index contributed by atoms with van der Waals surface area (Å²) in [6.07, 6.45) is 0. The second-order valence-electron chi connectivity index (χ2n) is 3.57. The zero-order valence-electron chi connectivity index (χ0n) is 8.61. The van der Waals surface area contributed by atoms with Crippen molar-refractivity contribution in [1.82, 2.24) is 0 Å². The van der Waals surface area contributed by atoms with Crippen molar-refractivity contribution in [3.63, 3.8) is 0 Å². The third kappa shape index (κ3) is 1.43. The fraction of sp³-hybridized carbons (Fsp3) is 0.273. The standard InChI is InChI=1S/C11H7F5O/c1-17-7-4-2-6(3-5-7)8-9(12)11(15,16)10(8,13)14/h2-5H,1H3. The molecule has 1 aromatic carbocycles. The van der Waals surface area contributed by atoms with E-state index in [2.05, 4.69) is 0 Å². The predicted octanol–water partition coefficient (Wildman–Crippen LogP) is 3.66. The number of rotatable bonds is 2. The van der Waals surface area contributed by atoms with Gasteiger partial charge < -0.3 is 4.74 Å². The first-order chi connectivity index (χ1) is 7.82. The topological polar surface area (TPSA) is 9.23 Å². The smallest absolute Gasteiger partial charge is 0.365 e. The molecule has 6 heteroatoms. The van der Waals surface area contributed by atoms with Crippen molar-refractivity contribution >= 4 is 5.57 Å². The highest BCUT2D eigenvalue weighted by Crippen LogP contribution is 2.59. The number of benzene rings is 1. The Labute approximate surface area is 93.5 Å². The van der Waals surface area contributed by atoms with Gasteiger partial charge in [-0.05, 0) is 17.7 Å². The minimum atomic E-state index is -4.71. The fourth-order valence-electron chi connectivity index (χ4n) is 1.59. The van der Waals surface area contributed by atoms with Crippen molar-refractivity contribution in [3.05, 3.63) is 35.7 Å². The first kappa shape index (κ1) is 11.9. The van der Waals surface area contributed by atoms with E-state index in [9.17, 15) is 22.0 Å². The summed E-state index contributed by atoms with van der Waals surface area (Å²) in [5.41, 5.74) is -1.54. The first-order valence-corrected chi connectivity index (χ1v) is 4.63. The van der Waals surface area contributed by atoms with Gasteiger partial charge in [0.15, 0.2) is 5.83 Å². The molecule has 0 atom stereocenters. The third-order valence-electron chi connectivity index (χ3n) is 2.58. The van der Waals surface area contributed by atoms with Gasteiger partial charge in [0.25, 0.3) is 0 Å². The van der Waals surface area contributed by atoms with Gasteiger partial charge in [-0.3, -0.25) is 0 Å². The molecule has 1 aromatic rings. The molecule has 0 heterocycles. The summed E-state index contributed by atoms with van der Waals surface area (Å²) in [5.74, 6) is -10.9. The lowest BCUT2D eigenvalue weighted by Crippen LogP contribution is -2.51. The maximum absolute atomic E-state index is 13.0. The van der Waals surface area contributed by atoms with Crippen LogP contribution in [-0.2, 0) is 0 Å². The van der Waals surface area contributed by atoms with Gasteiger partial charge in [0, 0.05) is 0 Å². The molecule has 92 valence electrons. The van der Waals surface area contributed by atoms with Gasteiger partial charge >= 0.3 is 11.8 Å². The summed E-state index contributed by atoms with van der Waals surface area (Å²) in [5, 5.41) is 0. The van der Waals surface area contributed by atoms with Gasteiger partial charge in [0.2, 0.25) is 0 Å². The monoisotopic (exact) mass is 250 g/mol. The molecule has 2 rings (SSSR count). The number of ether oxygens (including phenoxy) is 1. The van der Waals surface area contributed by atoms with Gasteiger partial charge in [-0.25, -0.2) is 4.39 Å². The molecule has 0 aromatic heterocycles.